The van der Waals surface area contributed by atoms with Gasteiger partial charge in [-0.25, -0.2) is 9.50 Å². The summed E-state index contributed by atoms with van der Waals surface area (Å²) < 4.78 is 1.52. The summed E-state index contributed by atoms with van der Waals surface area (Å²) in [5.41, 5.74) is 0.721. The Morgan fingerprint density at radius 3 is 2.91 bits per heavy atom. The Morgan fingerprint density at radius 2 is 2.18 bits per heavy atom. The van der Waals surface area contributed by atoms with Gasteiger partial charge in [-0.2, -0.15) is 5.10 Å². The van der Waals surface area contributed by atoms with E-state index in [2.05, 4.69) is 10.1 Å². The van der Waals surface area contributed by atoms with Crippen LogP contribution in [0.2, 0.25) is 10.2 Å². The molecule has 0 bridgehead atoms. The number of hydrogen-bond acceptors (Lipinski definition) is 2. The van der Waals surface area contributed by atoms with Crippen LogP contribution in [0.3, 0.4) is 0 Å². The lowest BCUT2D eigenvalue weighted by Crippen LogP contribution is -1.90. The van der Waals surface area contributed by atoms with Gasteiger partial charge in [0.05, 0.1) is 11.2 Å². The molecule has 0 aliphatic heterocycles. The summed E-state index contributed by atoms with van der Waals surface area (Å²) in [6.07, 6.45) is 3.02. The summed E-state index contributed by atoms with van der Waals surface area (Å²) in [6, 6.07) is 1.63. The molecular formula is C6H3Cl2N3. The quantitative estimate of drug-likeness (QED) is 0.633. The van der Waals surface area contributed by atoms with Crippen LogP contribution in [0.1, 0.15) is 0 Å². The van der Waals surface area contributed by atoms with Crippen LogP contribution in [0, 0.1) is 0 Å². The zero-order chi connectivity index (χ0) is 7.84. The molecule has 5 heteroatoms. The van der Waals surface area contributed by atoms with Crippen LogP contribution in [0.25, 0.3) is 5.52 Å². The Hall–Kier alpha value is -0.800. The number of nitrogens with zero attached hydrogens (tertiary/aromatic N) is 3. The van der Waals surface area contributed by atoms with Gasteiger partial charge in [-0.1, -0.05) is 23.2 Å². The molecule has 0 saturated carbocycles. The van der Waals surface area contributed by atoms with Crippen molar-refractivity contribution in [2.75, 3.05) is 0 Å². The number of aromatic nitrogens is 3. The largest absolute Gasteiger partial charge is 0.241 e. The lowest BCUT2D eigenvalue weighted by Gasteiger charge is -1.90. The van der Waals surface area contributed by atoms with Crippen molar-refractivity contribution in [3.8, 4) is 0 Å². The van der Waals surface area contributed by atoms with Crippen molar-refractivity contribution in [1.29, 1.82) is 0 Å². The third kappa shape index (κ3) is 0.968. The van der Waals surface area contributed by atoms with E-state index in [-0.39, 0.29) is 0 Å². The van der Waals surface area contributed by atoms with Crippen molar-refractivity contribution in [3.63, 3.8) is 0 Å². The van der Waals surface area contributed by atoms with Crippen molar-refractivity contribution in [2.24, 2.45) is 0 Å². The average Bonchev–Trinajstić information content (AvgIpc) is 2.30. The third-order valence-electron chi connectivity index (χ3n) is 1.35. The van der Waals surface area contributed by atoms with Gasteiger partial charge in [0.15, 0.2) is 0 Å². The fourth-order valence-corrected chi connectivity index (χ4v) is 1.41. The molecule has 3 nitrogen and oxygen atoms in total. The summed E-state index contributed by atoms with van der Waals surface area (Å²) >= 11 is 11.6. The van der Waals surface area contributed by atoms with E-state index in [1.165, 1.54) is 10.8 Å². The molecule has 0 atom stereocenters. The van der Waals surface area contributed by atoms with Gasteiger partial charge in [0.1, 0.15) is 17.0 Å². The zero-order valence-corrected chi connectivity index (χ0v) is 6.84. The smallest absolute Gasteiger partial charge is 0.136 e. The molecule has 2 aromatic rings. The highest BCUT2D eigenvalue weighted by Gasteiger charge is 2.04. The van der Waals surface area contributed by atoms with E-state index in [1.807, 2.05) is 0 Å². The Morgan fingerprint density at radius 1 is 1.36 bits per heavy atom. The Labute approximate surface area is 72.6 Å². The standard InChI is InChI=1S/C6H3Cl2N3/c7-4-1-6(8)11-5(4)2-9-3-10-11/h1-3H. The van der Waals surface area contributed by atoms with Crippen molar-refractivity contribution in [2.45, 2.75) is 0 Å². The van der Waals surface area contributed by atoms with Gasteiger partial charge in [-0.05, 0) is 6.07 Å². The van der Waals surface area contributed by atoms with E-state index in [9.17, 15) is 0 Å². The molecule has 2 aromatic heterocycles. The molecule has 0 aliphatic carbocycles. The van der Waals surface area contributed by atoms with Gasteiger partial charge >= 0.3 is 0 Å². The molecule has 0 aliphatic rings. The first-order valence-corrected chi connectivity index (χ1v) is 3.67. The van der Waals surface area contributed by atoms with E-state index < -0.39 is 0 Å². The van der Waals surface area contributed by atoms with Crippen LogP contribution >= 0.6 is 23.2 Å². The highest BCUT2D eigenvalue weighted by atomic mass is 35.5. The van der Waals surface area contributed by atoms with Crippen molar-refractivity contribution >= 4 is 28.7 Å². The molecule has 2 heterocycles. The molecule has 0 fully saturated rings. The fraction of sp³-hybridized carbons (Fsp3) is 0. The first-order valence-electron chi connectivity index (χ1n) is 2.92. The molecule has 0 radical (unpaired) electrons. The summed E-state index contributed by atoms with van der Waals surface area (Å²) in [7, 11) is 0. The van der Waals surface area contributed by atoms with Gasteiger partial charge in [0.2, 0.25) is 0 Å². The predicted molar refractivity (Wildman–Crippen MR) is 43.0 cm³/mol. The number of hydrogen-bond donors (Lipinski definition) is 0. The SMILES string of the molecule is Clc1cc(Cl)n2ncncc12. The van der Waals surface area contributed by atoms with E-state index in [4.69, 9.17) is 23.2 Å². The second-order valence-corrected chi connectivity index (χ2v) is 2.82. The monoisotopic (exact) mass is 187 g/mol. The van der Waals surface area contributed by atoms with Gasteiger partial charge in [0, 0.05) is 0 Å². The fourth-order valence-electron chi connectivity index (χ4n) is 0.875. The first-order chi connectivity index (χ1) is 5.29. The van der Waals surface area contributed by atoms with Crippen LogP contribution in [0.4, 0.5) is 0 Å². The maximum atomic E-state index is 5.79. The van der Waals surface area contributed by atoms with Gasteiger partial charge in [-0.3, -0.25) is 0 Å². The molecule has 0 saturated heterocycles. The van der Waals surface area contributed by atoms with E-state index >= 15 is 0 Å². The molecule has 2 rings (SSSR count). The van der Waals surface area contributed by atoms with Crippen molar-refractivity contribution in [1.82, 2.24) is 14.6 Å². The molecule has 0 unspecified atom stereocenters. The summed E-state index contributed by atoms with van der Waals surface area (Å²) in [6.45, 7) is 0. The molecule has 0 amide bonds. The minimum atomic E-state index is 0.493. The van der Waals surface area contributed by atoms with Crippen LogP contribution in [-0.2, 0) is 0 Å². The second-order valence-electron chi connectivity index (χ2n) is 2.02. The van der Waals surface area contributed by atoms with Crippen LogP contribution in [0.5, 0.6) is 0 Å². The second kappa shape index (κ2) is 2.36. The maximum absolute atomic E-state index is 5.79. The average molecular weight is 188 g/mol. The Balaban J connectivity index is 2.95. The molecule has 0 N–H and O–H groups in total. The lowest BCUT2D eigenvalue weighted by molar-refractivity contribution is 0.904. The first kappa shape index (κ1) is 6.88. The molecule has 0 aromatic carbocycles. The number of rotatable bonds is 0. The Kier molecular flexibility index (Phi) is 1.47. The molecular weight excluding hydrogens is 185 g/mol. The minimum absolute atomic E-state index is 0.493. The highest BCUT2D eigenvalue weighted by Crippen LogP contribution is 2.22. The normalized spacial score (nSPS) is 10.7. The van der Waals surface area contributed by atoms with Crippen molar-refractivity contribution < 1.29 is 0 Å². The van der Waals surface area contributed by atoms with Gasteiger partial charge in [0.25, 0.3) is 0 Å². The maximum Gasteiger partial charge on any atom is 0.136 e. The molecule has 0 spiro atoms. The van der Waals surface area contributed by atoms with E-state index in [0.29, 0.717) is 10.2 Å². The number of halogens is 2. The predicted octanol–water partition coefficient (Wildman–Crippen LogP) is 2.04. The van der Waals surface area contributed by atoms with E-state index in [1.54, 1.807) is 12.3 Å². The van der Waals surface area contributed by atoms with Gasteiger partial charge < -0.3 is 0 Å². The summed E-state index contributed by atoms with van der Waals surface area (Å²) in [5, 5.41) is 4.95. The summed E-state index contributed by atoms with van der Waals surface area (Å²) in [4.78, 5) is 3.81. The topological polar surface area (TPSA) is 30.2 Å². The van der Waals surface area contributed by atoms with Crippen LogP contribution in [-0.4, -0.2) is 14.6 Å². The highest BCUT2D eigenvalue weighted by molar-refractivity contribution is 6.37. The van der Waals surface area contributed by atoms with Crippen LogP contribution < -0.4 is 0 Å². The van der Waals surface area contributed by atoms with Crippen LogP contribution in [0.15, 0.2) is 18.6 Å². The summed E-state index contributed by atoms with van der Waals surface area (Å²) in [5.74, 6) is 0. The van der Waals surface area contributed by atoms with Gasteiger partial charge in [-0.15, -0.1) is 0 Å². The van der Waals surface area contributed by atoms with Crippen molar-refractivity contribution in [3.05, 3.63) is 28.8 Å². The lowest BCUT2D eigenvalue weighted by atomic mass is 10.5. The Bertz CT molecular complexity index is 360. The zero-order valence-electron chi connectivity index (χ0n) is 5.33. The van der Waals surface area contributed by atoms with E-state index in [0.717, 1.165) is 5.52 Å². The third-order valence-corrected chi connectivity index (χ3v) is 1.92. The molecule has 56 valence electrons. The molecule has 11 heavy (non-hydrogen) atoms. The number of fused-ring (bicyclic) bond motifs is 1. The minimum Gasteiger partial charge on any atom is -0.241 e.